The third-order valence-electron chi connectivity index (χ3n) is 3.01. The molecule has 1 rings (SSSR count). The second-order valence-electron chi connectivity index (χ2n) is 4.29. The molecule has 0 bridgehead atoms. The maximum Gasteiger partial charge on any atom is 0.328 e. The second kappa shape index (κ2) is 3.02. The summed E-state index contributed by atoms with van der Waals surface area (Å²) in [6.07, 6.45) is 3.22. The van der Waals surface area contributed by atoms with Crippen LogP contribution in [0.3, 0.4) is 0 Å². The van der Waals surface area contributed by atoms with Crippen molar-refractivity contribution in [2.24, 2.45) is 17.3 Å². The smallest absolute Gasteiger partial charge is 0.328 e. The first kappa shape index (κ1) is 10.0. The molecule has 0 saturated heterocycles. The van der Waals surface area contributed by atoms with Gasteiger partial charge in [0.05, 0.1) is 0 Å². The van der Waals surface area contributed by atoms with Crippen molar-refractivity contribution in [3.8, 4) is 0 Å². The first-order valence-corrected chi connectivity index (χ1v) is 4.45. The van der Waals surface area contributed by atoms with E-state index in [1.807, 2.05) is 13.0 Å². The molecule has 13 heavy (non-hydrogen) atoms. The first-order chi connectivity index (χ1) is 5.91. The molecule has 0 aromatic rings. The number of aliphatic carboxylic acids is 1. The van der Waals surface area contributed by atoms with Gasteiger partial charge in [0.1, 0.15) is 0 Å². The van der Waals surface area contributed by atoms with Crippen LogP contribution in [0.2, 0.25) is 0 Å². The molecule has 1 aliphatic rings. The van der Waals surface area contributed by atoms with Crippen LogP contribution in [0, 0.1) is 17.3 Å². The van der Waals surface area contributed by atoms with Gasteiger partial charge in [-0.15, -0.1) is 6.58 Å². The van der Waals surface area contributed by atoms with Crippen LogP contribution < -0.4 is 0 Å². The number of allylic oxidation sites excluding steroid dienone is 2. The van der Waals surface area contributed by atoms with Crippen LogP contribution in [0.5, 0.6) is 0 Å². The van der Waals surface area contributed by atoms with E-state index < -0.39 is 5.97 Å². The molecular formula is C11H16O2. The Morgan fingerprint density at radius 1 is 1.54 bits per heavy atom. The molecule has 2 atom stereocenters. The lowest BCUT2D eigenvalue weighted by atomic mass is 10.0. The molecule has 1 N–H and O–H groups in total. The maximum atomic E-state index is 10.4. The predicted molar refractivity (Wildman–Crippen MR) is 52.4 cm³/mol. The summed E-state index contributed by atoms with van der Waals surface area (Å²) in [6.45, 7) is 9.92. The van der Waals surface area contributed by atoms with Crippen LogP contribution in [0.1, 0.15) is 20.8 Å². The standard InChI is InChI=1S/C11H16O2/c1-5-8-10(11(8,3)4)7(2)6-9(12)13/h5-6,8,10H,1H2,2-4H3,(H,12,13)/b7-6+/t8-,10-/m0/s1. The van der Waals surface area contributed by atoms with Crippen molar-refractivity contribution in [1.29, 1.82) is 0 Å². The molecule has 0 unspecified atom stereocenters. The predicted octanol–water partition coefficient (Wildman–Crippen LogP) is 2.48. The zero-order valence-corrected chi connectivity index (χ0v) is 8.37. The van der Waals surface area contributed by atoms with Crippen LogP contribution in [-0.4, -0.2) is 11.1 Å². The van der Waals surface area contributed by atoms with E-state index in [4.69, 9.17) is 5.11 Å². The number of rotatable bonds is 3. The molecule has 0 aliphatic heterocycles. The maximum absolute atomic E-state index is 10.4. The highest BCUT2D eigenvalue weighted by atomic mass is 16.4. The Kier molecular flexibility index (Phi) is 2.33. The van der Waals surface area contributed by atoms with Gasteiger partial charge in [-0.1, -0.05) is 25.5 Å². The third-order valence-corrected chi connectivity index (χ3v) is 3.01. The average molecular weight is 180 g/mol. The van der Waals surface area contributed by atoms with E-state index in [1.54, 1.807) is 0 Å². The van der Waals surface area contributed by atoms with Crippen LogP contribution >= 0.6 is 0 Å². The largest absolute Gasteiger partial charge is 0.478 e. The lowest BCUT2D eigenvalue weighted by molar-refractivity contribution is -0.131. The second-order valence-corrected chi connectivity index (χ2v) is 4.29. The van der Waals surface area contributed by atoms with Crippen molar-refractivity contribution in [2.75, 3.05) is 0 Å². The van der Waals surface area contributed by atoms with E-state index in [1.165, 1.54) is 6.08 Å². The summed E-state index contributed by atoms with van der Waals surface area (Å²) in [5, 5.41) is 8.59. The molecule has 1 saturated carbocycles. The molecule has 1 fully saturated rings. The average Bonchev–Trinajstić information content (AvgIpc) is 2.51. The Morgan fingerprint density at radius 3 is 2.38 bits per heavy atom. The van der Waals surface area contributed by atoms with Gasteiger partial charge < -0.3 is 5.11 Å². The van der Waals surface area contributed by atoms with Crippen molar-refractivity contribution in [1.82, 2.24) is 0 Å². The van der Waals surface area contributed by atoms with Crippen LogP contribution in [-0.2, 0) is 4.79 Å². The Bertz CT molecular complexity index is 274. The number of hydrogen-bond donors (Lipinski definition) is 1. The highest BCUT2D eigenvalue weighted by Gasteiger charge is 2.56. The summed E-state index contributed by atoms with van der Waals surface area (Å²) >= 11 is 0. The summed E-state index contributed by atoms with van der Waals surface area (Å²) in [5.41, 5.74) is 1.14. The topological polar surface area (TPSA) is 37.3 Å². The fourth-order valence-electron chi connectivity index (χ4n) is 2.27. The Hall–Kier alpha value is -1.05. The molecule has 0 radical (unpaired) electrons. The van der Waals surface area contributed by atoms with Crippen LogP contribution in [0.4, 0.5) is 0 Å². The highest BCUT2D eigenvalue weighted by molar-refractivity contribution is 5.80. The van der Waals surface area contributed by atoms with Crippen LogP contribution in [0.25, 0.3) is 0 Å². The summed E-state index contributed by atoms with van der Waals surface area (Å²) < 4.78 is 0. The quantitative estimate of drug-likeness (QED) is 0.535. The SMILES string of the molecule is C=C[C@H]1[C@H](/C(C)=C/C(=O)O)C1(C)C. The fraction of sp³-hybridized carbons (Fsp3) is 0.545. The zero-order chi connectivity index (χ0) is 10.2. The minimum atomic E-state index is -0.858. The van der Waals surface area contributed by atoms with E-state index >= 15 is 0 Å². The Morgan fingerprint density at radius 2 is 2.08 bits per heavy atom. The zero-order valence-electron chi connectivity index (χ0n) is 8.37. The molecule has 72 valence electrons. The van der Waals surface area contributed by atoms with Gasteiger partial charge in [0.25, 0.3) is 0 Å². The summed E-state index contributed by atoms with van der Waals surface area (Å²) in [4.78, 5) is 10.4. The Balaban J connectivity index is 2.77. The number of carboxylic acid groups (broad SMARTS) is 1. The molecule has 0 heterocycles. The van der Waals surface area contributed by atoms with Gasteiger partial charge in [-0.25, -0.2) is 4.79 Å². The number of carbonyl (C=O) groups is 1. The molecule has 0 spiro atoms. The normalized spacial score (nSPS) is 31.2. The minimum absolute atomic E-state index is 0.192. The molecule has 2 nitrogen and oxygen atoms in total. The van der Waals surface area contributed by atoms with Crippen molar-refractivity contribution in [2.45, 2.75) is 20.8 Å². The first-order valence-electron chi connectivity index (χ1n) is 4.45. The summed E-state index contributed by atoms with van der Waals surface area (Å²) in [6, 6.07) is 0. The van der Waals surface area contributed by atoms with Gasteiger partial charge in [-0.3, -0.25) is 0 Å². The van der Waals surface area contributed by atoms with E-state index in [9.17, 15) is 4.79 Å². The lowest BCUT2D eigenvalue weighted by Gasteiger charge is -2.00. The van der Waals surface area contributed by atoms with Crippen molar-refractivity contribution >= 4 is 5.97 Å². The molecular weight excluding hydrogens is 164 g/mol. The lowest BCUT2D eigenvalue weighted by Crippen LogP contribution is -1.95. The third kappa shape index (κ3) is 1.67. The Labute approximate surface area is 79.0 Å². The highest BCUT2D eigenvalue weighted by Crippen LogP contribution is 2.62. The summed E-state index contributed by atoms with van der Waals surface area (Å²) in [7, 11) is 0. The van der Waals surface area contributed by atoms with Gasteiger partial charge in [-0.05, 0) is 24.2 Å². The molecule has 0 aromatic heterocycles. The monoisotopic (exact) mass is 180 g/mol. The van der Waals surface area contributed by atoms with E-state index in [0.29, 0.717) is 11.8 Å². The van der Waals surface area contributed by atoms with Crippen molar-refractivity contribution in [3.63, 3.8) is 0 Å². The molecule has 0 aromatic carbocycles. The number of hydrogen-bond acceptors (Lipinski definition) is 1. The van der Waals surface area contributed by atoms with E-state index in [-0.39, 0.29) is 5.41 Å². The van der Waals surface area contributed by atoms with Crippen molar-refractivity contribution < 1.29 is 9.90 Å². The molecule has 2 heteroatoms. The van der Waals surface area contributed by atoms with Gasteiger partial charge >= 0.3 is 5.97 Å². The van der Waals surface area contributed by atoms with Crippen molar-refractivity contribution in [3.05, 3.63) is 24.3 Å². The molecule has 1 aliphatic carbocycles. The van der Waals surface area contributed by atoms with Gasteiger partial charge in [-0.2, -0.15) is 0 Å². The molecule has 0 amide bonds. The van der Waals surface area contributed by atoms with Gasteiger partial charge in [0, 0.05) is 6.08 Å². The van der Waals surface area contributed by atoms with Crippen LogP contribution in [0.15, 0.2) is 24.3 Å². The van der Waals surface area contributed by atoms with Gasteiger partial charge in [0.15, 0.2) is 0 Å². The number of carboxylic acids is 1. The fourth-order valence-corrected chi connectivity index (χ4v) is 2.27. The minimum Gasteiger partial charge on any atom is -0.478 e. The van der Waals surface area contributed by atoms with E-state index in [2.05, 4.69) is 20.4 Å². The summed E-state index contributed by atoms with van der Waals surface area (Å²) in [5.74, 6) is -0.0628. The van der Waals surface area contributed by atoms with Gasteiger partial charge in [0.2, 0.25) is 0 Å². The van der Waals surface area contributed by atoms with E-state index in [0.717, 1.165) is 5.57 Å².